The minimum absolute atomic E-state index is 0.221. The van der Waals surface area contributed by atoms with E-state index < -0.39 is 0 Å². The lowest BCUT2D eigenvalue weighted by atomic mass is 9.76. The minimum Gasteiger partial charge on any atom is -0.507 e. The highest BCUT2D eigenvalue weighted by Gasteiger charge is 2.27. The van der Waals surface area contributed by atoms with Gasteiger partial charge in [-0.3, -0.25) is 0 Å². The summed E-state index contributed by atoms with van der Waals surface area (Å²) in [7, 11) is 0. The van der Waals surface area contributed by atoms with Crippen LogP contribution in [0.15, 0.2) is 222 Å². The van der Waals surface area contributed by atoms with Gasteiger partial charge in [-0.25, -0.2) is 0 Å². The summed E-state index contributed by atoms with van der Waals surface area (Å²) in [6.45, 7) is 0. The van der Waals surface area contributed by atoms with Crippen molar-refractivity contribution in [2.45, 2.75) is 38.5 Å². The van der Waals surface area contributed by atoms with Gasteiger partial charge in [0.15, 0.2) is 0 Å². The first-order chi connectivity index (χ1) is 28.1. The molecule has 2 atom stereocenters. The molecule has 3 nitrogen and oxygen atoms in total. The summed E-state index contributed by atoms with van der Waals surface area (Å²) in [5.41, 5.74) is 17.0. The summed E-state index contributed by atoms with van der Waals surface area (Å²) < 4.78 is 0. The van der Waals surface area contributed by atoms with Gasteiger partial charge >= 0.3 is 0 Å². The highest BCUT2D eigenvalue weighted by atomic mass is 16.3. The average molecular weight is 741 g/mol. The van der Waals surface area contributed by atoms with Crippen LogP contribution >= 0.6 is 0 Å². The molecule has 0 heterocycles. The highest BCUT2D eigenvalue weighted by Crippen LogP contribution is 2.43. The molecule has 0 aromatic heterocycles. The van der Waals surface area contributed by atoms with Gasteiger partial charge in [-0.05, 0) is 119 Å². The van der Waals surface area contributed by atoms with Crippen molar-refractivity contribution in [3.05, 3.63) is 227 Å². The van der Waals surface area contributed by atoms with Crippen LogP contribution in [0.5, 0.6) is 5.75 Å². The summed E-state index contributed by atoms with van der Waals surface area (Å²) in [6.07, 6.45) is 26.8. The number of anilines is 2. The van der Waals surface area contributed by atoms with E-state index in [0.717, 1.165) is 66.6 Å². The molecular formula is C54H48N2O. The molecule has 0 fully saturated rings. The standard InChI is InChI=1S/C54H48N2O/c57-54-37-44(28-32-50(54)40-16-6-2-7-17-40)43-29-33-53(55-47-22-8-3-9-23-47)51(36-43)46-21-13-19-42(35-46)41-18-12-20-45(34-41)49-24-10-11-25-52(49)56-48-30-26-39(27-31-48)38-14-4-1-5-15-38/h1-10,12-24,26-28,30-32,36-37,45-46,55-57H,11,25,29,33-35H2. The number of rotatable bonds is 10. The number of aromatic hydroxyl groups is 1. The summed E-state index contributed by atoms with van der Waals surface area (Å²) in [5, 5.41) is 18.8. The first-order valence-corrected chi connectivity index (χ1v) is 20.4. The van der Waals surface area contributed by atoms with Crippen LogP contribution in [0.4, 0.5) is 11.4 Å². The van der Waals surface area contributed by atoms with Gasteiger partial charge in [0, 0.05) is 40.2 Å². The van der Waals surface area contributed by atoms with Crippen molar-refractivity contribution in [1.29, 1.82) is 0 Å². The maximum absolute atomic E-state index is 11.2. The second kappa shape index (κ2) is 16.6. The number of nitrogens with one attached hydrogen (secondary N) is 2. The number of phenols is 1. The number of hydrogen-bond donors (Lipinski definition) is 3. The molecule has 57 heavy (non-hydrogen) atoms. The van der Waals surface area contributed by atoms with Crippen LogP contribution in [0.2, 0.25) is 0 Å². The van der Waals surface area contributed by atoms with Crippen LogP contribution in [0, 0.1) is 11.8 Å². The second-order valence-corrected chi connectivity index (χ2v) is 15.4. The fourth-order valence-electron chi connectivity index (χ4n) is 8.71. The Morgan fingerprint density at radius 2 is 1.05 bits per heavy atom. The van der Waals surface area contributed by atoms with Crippen molar-refractivity contribution in [2.75, 3.05) is 10.6 Å². The molecule has 4 aliphatic rings. The van der Waals surface area contributed by atoms with Crippen LogP contribution < -0.4 is 10.6 Å². The number of hydrogen-bond acceptors (Lipinski definition) is 3. The SMILES string of the molecule is Oc1cc(C2=CC(C3C=CC=C(C4=CC=CC(C5=C(Nc6ccc(-c7ccccc7)cc6)CCC=C5)C4)C3)=C(Nc3ccccc3)CC2)ccc1-c1ccccc1. The van der Waals surface area contributed by atoms with E-state index in [4.69, 9.17) is 0 Å². The van der Waals surface area contributed by atoms with Crippen molar-refractivity contribution < 1.29 is 5.11 Å². The van der Waals surface area contributed by atoms with Crippen LogP contribution in [-0.2, 0) is 0 Å². The van der Waals surface area contributed by atoms with Crippen LogP contribution in [-0.4, -0.2) is 5.11 Å². The van der Waals surface area contributed by atoms with E-state index in [9.17, 15) is 5.11 Å². The zero-order valence-electron chi connectivity index (χ0n) is 32.2. The summed E-state index contributed by atoms with van der Waals surface area (Å²) in [5.74, 6) is 0.842. The van der Waals surface area contributed by atoms with E-state index >= 15 is 0 Å². The molecule has 5 aromatic rings. The number of benzene rings is 5. The summed E-state index contributed by atoms with van der Waals surface area (Å²) in [4.78, 5) is 0. The lowest BCUT2D eigenvalue weighted by molar-refractivity contribution is 0.477. The second-order valence-electron chi connectivity index (χ2n) is 15.4. The van der Waals surface area contributed by atoms with Gasteiger partial charge in [-0.2, -0.15) is 0 Å². The minimum atomic E-state index is 0.221. The van der Waals surface area contributed by atoms with Crippen LogP contribution in [0.3, 0.4) is 0 Å². The van der Waals surface area contributed by atoms with Crippen molar-refractivity contribution >= 4 is 16.9 Å². The Morgan fingerprint density at radius 3 is 1.72 bits per heavy atom. The predicted octanol–water partition coefficient (Wildman–Crippen LogP) is 14.0. The molecule has 4 aliphatic carbocycles. The molecule has 2 unspecified atom stereocenters. The number of allylic oxidation sites excluding steroid dienone is 16. The van der Waals surface area contributed by atoms with E-state index in [-0.39, 0.29) is 5.92 Å². The Balaban J connectivity index is 0.954. The van der Waals surface area contributed by atoms with Crippen molar-refractivity contribution in [1.82, 2.24) is 0 Å². The third kappa shape index (κ3) is 8.20. The smallest absolute Gasteiger partial charge is 0.124 e. The van der Waals surface area contributed by atoms with Crippen molar-refractivity contribution in [3.8, 4) is 28.0 Å². The largest absolute Gasteiger partial charge is 0.507 e. The molecule has 0 bridgehead atoms. The number of para-hydroxylation sites is 1. The first kappa shape index (κ1) is 36.1. The summed E-state index contributed by atoms with van der Waals surface area (Å²) in [6, 6.07) is 46.2. The fourth-order valence-corrected chi connectivity index (χ4v) is 8.71. The zero-order chi connectivity index (χ0) is 38.4. The molecule has 5 aromatic carbocycles. The zero-order valence-corrected chi connectivity index (χ0v) is 32.2. The molecule has 0 radical (unpaired) electrons. The average Bonchev–Trinajstić information content (AvgIpc) is 3.28. The fraction of sp³-hybridized carbons (Fsp3) is 0.148. The lowest BCUT2D eigenvalue weighted by Crippen LogP contribution is -2.17. The Hall–Kier alpha value is -6.58. The lowest BCUT2D eigenvalue weighted by Gasteiger charge is -2.30. The Labute approximate surface area is 337 Å². The van der Waals surface area contributed by atoms with Gasteiger partial charge in [0.25, 0.3) is 0 Å². The van der Waals surface area contributed by atoms with Gasteiger partial charge in [-0.15, -0.1) is 0 Å². The summed E-state index contributed by atoms with van der Waals surface area (Å²) >= 11 is 0. The van der Waals surface area contributed by atoms with E-state index in [1.165, 1.54) is 50.4 Å². The van der Waals surface area contributed by atoms with Crippen LogP contribution in [0.25, 0.3) is 27.8 Å². The molecule has 0 saturated heterocycles. The Bertz CT molecular complexity index is 2490. The topological polar surface area (TPSA) is 44.3 Å². The Morgan fingerprint density at radius 1 is 0.491 bits per heavy atom. The molecule has 9 rings (SSSR count). The normalized spacial score (nSPS) is 19.2. The highest BCUT2D eigenvalue weighted by molar-refractivity contribution is 5.78. The van der Waals surface area contributed by atoms with Gasteiger partial charge in [-0.1, -0.05) is 158 Å². The molecule has 0 spiro atoms. The third-order valence-corrected chi connectivity index (χ3v) is 11.7. The van der Waals surface area contributed by atoms with E-state index in [0.29, 0.717) is 11.7 Å². The molecule has 3 N–H and O–H groups in total. The van der Waals surface area contributed by atoms with E-state index in [2.05, 4.69) is 162 Å². The quantitative estimate of drug-likeness (QED) is 0.134. The van der Waals surface area contributed by atoms with Gasteiger partial charge in [0.2, 0.25) is 0 Å². The molecule has 0 aliphatic heterocycles. The van der Waals surface area contributed by atoms with Gasteiger partial charge in [0.05, 0.1) is 0 Å². The molecular weight excluding hydrogens is 693 g/mol. The van der Waals surface area contributed by atoms with E-state index in [1.54, 1.807) is 0 Å². The monoisotopic (exact) mass is 740 g/mol. The molecule has 0 saturated carbocycles. The molecule has 280 valence electrons. The molecule has 0 amide bonds. The van der Waals surface area contributed by atoms with E-state index in [1.807, 2.05) is 36.4 Å². The number of phenolic OH excluding ortho intramolecular Hbond substituents is 1. The molecule has 3 heteroatoms. The van der Waals surface area contributed by atoms with Crippen molar-refractivity contribution in [2.24, 2.45) is 11.8 Å². The van der Waals surface area contributed by atoms with Gasteiger partial charge < -0.3 is 15.7 Å². The first-order valence-electron chi connectivity index (χ1n) is 20.4. The Kier molecular flexibility index (Phi) is 10.5. The predicted molar refractivity (Wildman–Crippen MR) is 239 cm³/mol. The van der Waals surface area contributed by atoms with Crippen molar-refractivity contribution in [3.63, 3.8) is 0 Å². The third-order valence-electron chi connectivity index (χ3n) is 11.7. The van der Waals surface area contributed by atoms with Gasteiger partial charge in [0.1, 0.15) is 5.75 Å². The maximum Gasteiger partial charge on any atom is 0.124 e. The maximum atomic E-state index is 11.2. The van der Waals surface area contributed by atoms with Crippen LogP contribution in [0.1, 0.15) is 44.1 Å².